The zero-order valence-electron chi connectivity index (χ0n) is 12.2. The Balaban J connectivity index is 1.46. The van der Waals surface area contributed by atoms with Crippen LogP contribution in [0.15, 0.2) is 36.5 Å². The van der Waals surface area contributed by atoms with Crippen LogP contribution in [0, 0.1) is 12.8 Å². The summed E-state index contributed by atoms with van der Waals surface area (Å²) in [6, 6.07) is 10.9. The molecule has 4 rings (SSSR count). The van der Waals surface area contributed by atoms with E-state index in [1.807, 2.05) is 29.5 Å². The van der Waals surface area contributed by atoms with E-state index in [4.69, 9.17) is 4.74 Å². The molecule has 0 N–H and O–H groups in total. The SMILES string of the molecule is Cc1ccc(CN2C[C@H]3CC[C@H]2[C@@H]3Oc2ccccn2)s1. The van der Waals surface area contributed by atoms with Gasteiger partial charge in [0.15, 0.2) is 0 Å². The molecule has 2 aromatic rings. The van der Waals surface area contributed by atoms with Gasteiger partial charge in [-0.2, -0.15) is 0 Å². The Labute approximate surface area is 129 Å². The van der Waals surface area contributed by atoms with Crippen molar-refractivity contribution in [2.75, 3.05) is 6.54 Å². The van der Waals surface area contributed by atoms with Crippen LogP contribution in [-0.2, 0) is 6.54 Å². The third kappa shape index (κ3) is 2.58. The van der Waals surface area contributed by atoms with Crippen molar-refractivity contribution in [1.82, 2.24) is 9.88 Å². The number of hydrogen-bond donors (Lipinski definition) is 0. The van der Waals surface area contributed by atoms with Crippen LogP contribution in [0.4, 0.5) is 0 Å². The first-order valence-electron chi connectivity index (χ1n) is 7.66. The van der Waals surface area contributed by atoms with E-state index >= 15 is 0 Å². The maximum absolute atomic E-state index is 6.19. The van der Waals surface area contributed by atoms with Crippen LogP contribution in [0.2, 0.25) is 0 Å². The minimum absolute atomic E-state index is 0.320. The minimum Gasteiger partial charge on any atom is -0.472 e. The molecule has 4 heteroatoms. The highest BCUT2D eigenvalue weighted by atomic mass is 32.1. The first-order valence-corrected chi connectivity index (χ1v) is 8.48. The number of nitrogens with zero attached hydrogens (tertiary/aromatic N) is 2. The molecule has 1 saturated heterocycles. The molecular weight excluding hydrogens is 280 g/mol. The fourth-order valence-electron chi connectivity index (χ4n) is 3.73. The highest BCUT2D eigenvalue weighted by Gasteiger charge is 2.48. The Morgan fingerprint density at radius 2 is 2.24 bits per heavy atom. The van der Waals surface area contributed by atoms with E-state index in [1.165, 1.54) is 29.1 Å². The van der Waals surface area contributed by atoms with Crippen molar-refractivity contribution in [3.63, 3.8) is 0 Å². The molecule has 21 heavy (non-hydrogen) atoms. The fraction of sp³-hybridized carbons (Fsp3) is 0.471. The van der Waals surface area contributed by atoms with E-state index in [0.29, 0.717) is 18.1 Å². The molecule has 0 amide bonds. The number of piperidine rings is 1. The van der Waals surface area contributed by atoms with Gasteiger partial charge in [0.1, 0.15) is 6.10 Å². The average Bonchev–Trinajstić information content (AvgIpc) is 3.16. The molecule has 1 aliphatic heterocycles. The predicted molar refractivity (Wildman–Crippen MR) is 84.6 cm³/mol. The van der Waals surface area contributed by atoms with E-state index in [-0.39, 0.29) is 0 Å². The summed E-state index contributed by atoms with van der Waals surface area (Å²) in [7, 11) is 0. The highest BCUT2D eigenvalue weighted by molar-refractivity contribution is 7.11. The van der Waals surface area contributed by atoms with Crippen LogP contribution in [0.5, 0.6) is 5.88 Å². The number of likely N-dealkylation sites (tertiary alicyclic amines) is 1. The Hall–Kier alpha value is -1.39. The van der Waals surface area contributed by atoms with E-state index in [0.717, 1.165) is 12.4 Å². The van der Waals surface area contributed by atoms with Gasteiger partial charge in [-0.1, -0.05) is 6.07 Å². The van der Waals surface area contributed by atoms with E-state index < -0.39 is 0 Å². The quantitative estimate of drug-likeness (QED) is 0.864. The highest BCUT2D eigenvalue weighted by Crippen LogP contribution is 2.41. The van der Waals surface area contributed by atoms with Gasteiger partial charge in [0.2, 0.25) is 5.88 Å². The average molecular weight is 300 g/mol. The molecule has 0 unspecified atom stereocenters. The van der Waals surface area contributed by atoms with Crippen LogP contribution in [-0.4, -0.2) is 28.6 Å². The smallest absolute Gasteiger partial charge is 0.213 e. The minimum atomic E-state index is 0.320. The molecule has 0 aromatic carbocycles. The summed E-state index contributed by atoms with van der Waals surface area (Å²) in [5.41, 5.74) is 0. The molecule has 1 aliphatic carbocycles. The Morgan fingerprint density at radius 1 is 1.29 bits per heavy atom. The molecule has 3 atom stereocenters. The van der Waals surface area contributed by atoms with Gasteiger partial charge in [0, 0.05) is 47.1 Å². The fourth-order valence-corrected chi connectivity index (χ4v) is 4.65. The second-order valence-corrected chi connectivity index (χ2v) is 7.47. The lowest BCUT2D eigenvalue weighted by molar-refractivity contribution is 0.137. The molecule has 0 radical (unpaired) electrons. The van der Waals surface area contributed by atoms with Gasteiger partial charge in [-0.05, 0) is 38.0 Å². The summed E-state index contributed by atoms with van der Waals surface area (Å²) < 4.78 is 6.19. The van der Waals surface area contributed by atoms with Crippen molar-refractivity contribution < 1.29 is 4.74 Å². The van der Waals surface area contributed by atoms with Crippen LogP contribution in [0.1, 0.15) is 22.6 Å². The van der Waals surface area contributed by atoms with Gasteiger partial charge in [-0.3, -0.25) is 4.90 Å². The summed E-state index contributed by atoms with van der Waals surface area (Å²) >= 11 is 1.91. The molecule has 3 heterocycles. The summed E-state index contributed by atoms with van der Waals surface area (Å²) in [6.45, 7) is 4.41. The Bertz CT molecular complexity index is 612. The predicted octanol–water partition coefficient (Wildman–Crippen LogP) is 3.49. The monoisotopic (exact) mass is 300 g/mol. The standard InChI is InChI=1S/C17H20N2OS/c1-12-5-7-14(21-12)11-19-10-13-6-8-15(19)17(13)20-16-4-2-3-9-18-16/h2-5,7,9,13,15,17H,6,8,10-11H2,1H3/t13-,15+,17-/m1/s1. The Kier molecular flexibility index (Phi) is 3.43. The van der Waals surface area contributed by atoms with Crippen LogP contribution in [0.3, 0.4) is 0 Å². The molecule has 2 aromatic heterocycles. The first kappa shape index (κ1) is 13.3. The van der Waals surface area contributed by atoms with Crippen LogP contribution >= 0.6 is 11.3 Å². The molecule has 110 valence electrons. The number of hydrogen-bond acceptors (Lipinski definition) is 4. The molecule has 1 saturated carbocycles. The third-order valence-electron chi connectivity index (χ3n) is 4.66. The van der Waals surface area contributed by atoms with Gasteiger partial charge < -0.3 is 4.74 Å². The normalized spacial score (nSPS) is 28.1. The second kappa shape index (κ2) is 5.43. The lowest BCUT2D eigenvalue weighted by Crippen LogP contribution is -2.35. The Morgan fingerprint density at radius 3 is 3.00 bits per heavy atom. The molecule has 2 bridgehead atoms. The number of rotatable bonds is 4. The molecular formula is C17H20N2OS. The maximum Gasteiger partial charge on any atom is 0.213 e. The lowest BCUT2D eigenvalue weighted by Gasteiger charge is -2.26. The zero-order chi connectivity index (χ0) is 14.2. The van der Waals surface area contributed by atoms with Gasteiger partial charge in [-0.15, -0.1) is 11.3 Å². The third-order valence-corrected chi connectivity index (χ3v) is 5.65. The number of fused-ring (bicyclic) bond motifs is 2. The van der Waals surface area contributed by atoms with Crippen LogP contribution < -0.4 is 4.74 Å². The lowest BCUT2D eigenvalue weighted by atomic mass is 10.1. The summed E-state index contributed by atoms with van der Waals surface area (Å²) in [5.74, 6) is 1.44. The van der Waals surface area contributed by atoms with Crippen LogP contribution in [0.25, 0.3) is 0 Å². The van der Waals surface area contributed by atoms with Gasteiger partial charge >= 0.3 is 0 Å². The van der Waals surface area contributed by atoms with Crippen molar-refractivity contribution in [3.05, 3.63) is 46.3 Å². The largest absolute Gasteiger partial charge is 0.472 e. The van der Waals surface area contributed by atoms with Gasteiger partial charge in [-0.25, -0.2) is 4.98 Å². The van der Waals surface area contributed by atoms with E-state index in [1.54, 1.807) is 6.20 Å². The van der Waals surface area contributed by atoms with E-state index in [9.17, 15) is 0 Å². The van der Waals surface area contributed by atoms with E-state index in [2.05, 4.69) is 28.9 Å². The molecule has 0 spiro atoms. The van der Waals surface area contributed by atoms with Gasteiger partial charge in [0.05, 0.1) is 0 Å². The number of thiophene rings is 1. The maximum atomic E-state index is 6.19. The van der Waals surface area contributed by atoms with Crippen molar-refractivity contribution in [3.8, 4) is 5.88 Å². The van der Waals surface area contributed by atoms with Gasteiger partial charge in [0.25, 0.3) is 0 Å². The number of aromatic nitrogens is 1. The molecule has 2 aliphatic rings. The molecule has 3 nitrogen and oxygen atoms in total. The number of ether oxygens (including phenoxy) is 1. The number of pyridine rings is 1. The summed E-state index contributed by atoms with van der Waals surface area (Å²) in [4.78, 5) is 9.78. The van der Waals surface area contributed by atoms with Crippen molar-refractivity contribution in [2.24, 2.45) is 5.92 Å². The van der Waals surface area contributed by atoms with Crippen molar-refractivity contribution in [1.29, 1.82) is 0 Å². The number of aryl methyl sites for hydroxylation is 1. The first-order chi connectivity index (χ1) is 10.3. The zero-order valence-corrected chi connectivity index (χ0v) is 13.1. The topological polar surface area (TPSA) is 25.4 Å². The summed E-state index contributed by atoms with van der Waals surface area (Å²) in [5, 5.41) is 0. The van der Waals surface area contributed by atoms with Crippen molar-refractivity contribution >= 4 is 11.3 Å². The second-order valence-electron chi connectivity index (χ2n) is 6.10. The van der Waals surface area contributed by atoms with Crippen molar-refractivity contribution in [2.45, 2.75) is 38.5 Å². The summed E-state index contributed by atoms with van der Waals surface area (Å²) in [6.07, 6.45) is 4.67. The molecule has 2 fully saturated rings.